The second-order valence-corrected chi connectivity index (χ2v) is 6.45. The number of hydrogen-bond donors (Lipinski definition) is 1. The van der Waals surface area contributed by atoms with Crippen LogP contribution in [0.1, 0.15) is 0 Å². The van der Waals surface area contributed by atoms with Gasteiger partial charge in [-0.3, -0.25) is 0 Å². The molecule has 3 aliphatic heterocycles. The predicted octanol–water partition coefficient (Wildman–Crippen LogP) is 1.47. The smallest absolute Gasteiger partial charge is 0.231 e. The molecule has 0 bridgehead atoms. The second-order valence-electron chi connectivity index (χ2n) is 6.45. The van der Waals surface area contributed by atoms with Crippen LogP contribution in [0.2, 0.25) is 0 Å². The maximum absolute atomic E-state index is 5.83. The Hall–Kier alpha value is -2.42. The lowest BCUT2D eigenvalue weighted by molar-refractivity contribution is -0.00757. The van der Waals surface area contributed by atoms with Crippen LogP contribution in [0.5, 0.6) is 11.5 Å². The van der Waals surface area contributed by atoms with Crippen LogP contribution in [-0.2, 0) is 14.2 Å². The normalized spacial score (nSPS) is 29.0. The summed E-state index contributed by atoms with van der Waals surface area (Å²) in [4.78, 5) is 8.96. The van der Waals surface area contributed by atoms with Gasteiger partial charge in [0.25, 0.3) is 0 Å². The molecule has 2 fully saturated rings. The summed E-state index contributed by atoms with van der Waals surface area (Å²) in [5, 5.41) is 3.34. The lowest BCUT2D eigenvalue weighted by Gasteiger charge is -2.17. The quantitative estimate of drug-likeness (QED) is 0.881. The largest absolute Gasteiger partial charge is 0.454 e. The maximum atomic E-state index is 5.83. The summed E-state index contributed by atoms with van der Waals surface area (Å²) < 4.78 is 27.9. The number of fused-ring (bicyclic) bond motifs is 2. The molecule has 8 heteroatoms. The van der Waals surface area contributed by atoms with Crippen LogP contribution >= 0.6 is 0 Å². The molecule has 2 aromatic rings. The summed E-state index contributed by atoms with van der Waals surface area (Å²) >= 11 is 0. The highest BCUT2D eigenvalue weighted by Crippen LogP contribution is 2.35. The van der Waals surface area contributed by atoms with E-state index in [-0.39, 0.29) is 31.1 Å². The molecule has 0 amide bonds. The van der Waals surface area contributed by atoms with Gasteiger partial charge in [0.05, 0.1) is 24.9 Å². The molecule has 0 spiro atoms. The number of hydrogen-bond acceptors (Lipinski definition) is 8. The molecule has 26 heavy (non-hydrogen) atoms. The first kappa shape index (κ1) is 15.8. The van der Waals surface area contributed by atoms with Gasteiger partial charge < -0.3 is 29.0 Å². The first-order valence-corrected chi connectivity index (χ1v) is 8.57. The van der Waals surface area contributed by atoms with E-state index in [0.29, 0.717) is 19.2 Å². The van der Waals surface area contributed by atoms with Crippen molar-refractivity contribution in [1.82, 2.24) is 9.97 Å². The van der Waals surface area contributed by atoms with E-state index < -0.39 is 0 Å². The molecule has 8 nitrogen and oxygen atoms in total. The monoisotopic (exact) mass is 357 g/mol. The molecule has 4 heterocycles. The van der Waals surface area contributed by atoms with E-state index >= 15 is 0 Å². The molecule has 1 N–H and O–H groups in total. The maximum Gasteiger partial charge on any atom is 0.231 e. The summed E-state index contributed by atoms with van der Waals surface area (Å²) in [6, 6.07) is 7.62. The Kier molecular flexibility index (Phi) is 3.88. The highest BCUT2D eigenvalue weighted by molar-refractivity contribution is 5.65. The van der Waals surface area contributed by atoms with Gasteiger partial charge in [-0.1, -0.05) is 0 Å². The van der Waals surface area contributed by atoms with Crippen molar-refractivity contribution in [3.8, 4) is 22.8 Å². The first-order valence-electron chi connectivity index (χ1n) is 8.57. The van der Waals surface area contributed by atoms with Crippen LogP contribution in [0, 0.1) is 0 Å². The molecule has 0 unspecified atom stereocenters. The third kappa shape index (κ3) is 2.66. The number of anilines is 1. The van der Waals surface area contributed by atoms with Gasteiger partial charge in [0.1, 0.15) is 18.3 Å². The molecule has 0 aliphatic carbocycles. The lowest BCUT2D eigenvalue weighted by atomic mass is 10.1. The predicted molar refractivity (Wildman–Crippen MR) is 91.3 cm³/mol. The van der Waals surface area contributed by atoms with Crippen molar-refractivity contribution in [2.45, 2.75) is 24.4 Å². The van der Waals surface area contributed by atoms with E-state index in [1.807, 2.05) is 24.3 Å². The number of nitrogens with one attached hydrogen (secondary N) is 1. The van der Waals surface area contributed by atoms with Crippen LogP contribution in [0.15, 0.2) is 30.5 Å². The van der Waals surface area contributed by atoms with Crippen molar-refractivity contribution >= 4 is 5.95 Å². The number of benzene rings is 1. The van der Waals surface area contributed by atoms with Crippen molar-refractivity contribution in [2.75, 3.05) is 32.4 Å². The molecule has 0 radical (unpaired) electrons. The van der Waals surface area contributed by atoms with E-state index in [0.717, 1.165) is 22.8 Å². The highest BCUT2D eigenvalue weighted by Gasteiger charge is 2.48. The molecule has 3 aliphatic rings. The van der Waals surface area contributed by atoms with E-state index in [4.69, 9.17) is 23.7 Å². The van der Waals surface area contributed by atoms with Crippen LogP contribution in [0.4, 0.5) is 5.95 Å². The van der Waals surface area contributed by atoms with Crippen molar-refractivity contribution in [3.05, 3.63) is 30.5 Å². The van der Waals surface area contributed by atoms with E-state index in [2.05, 4.69) is 15.3 Å². The minimum Gasteiger partial charge on any atom is -0.454 e. The molecule has 4 atom stereocenters. The third-order valence-corrected chi connectivity index (χ3v) is 4.95. The number of nitrogens with zero attached hydrogens (tertiary/aromatic N) is 2. The van der Waals surface area contributed by atoms with E-state index in [1.54, 1.807) is 13.3 Å². The van der Waals surface area contributed by atoms with Crippen LogP contribution in [0.3, 0.4) is 0 Å². The van der Waals surface area contributed by atoms with E-state index in [9.17, 15) is 0 Å². The van der Waals surface area contributed by atoms with Gasteiger partial charge in [-0.25, -0.2) is 9.97 Å². The fraction of sp³-hybridized carbons (Fsp3) is 0.444. The highest BCUT2D eigenvalue weighted by atomic mass is 16.7. The Morgan fingerprint density at radius 2 is 1.96 bits per heavy atom. The average molecular weight is 357 g/mol. The summed E-state index contributed by atoms with van der Waals surface area (Å²) in [6.07, 6.45) is 1.61. The fourth-order valence-corrected chi connectivity index (χ4v) is 3.60. The minimum absolute atomic E-state index is 0.00726. The SMILES string of the molecule is CO[C@@H]1CO[C@H]2[C@@H]1OC[C@@H]2Nc1nccc(-c2ccc3c(c2)OCO3)n1. The Labute approximate surface area is 150 Å². The standard InChI is InChI=1S/C18H19N3O5/c1-22-15-8-24-16-12(7-23-17(15)16)21-18-19-5-4-11(20-18)10-2-3-13-14(6-10)26-9-25-13/h2-6,12,15-17H,7-9H2,1H3,(H,19,20,21)/t12-,15+,16+,17+/m0/s1. The lowest BCUT2D eigenvalue weighted by Crippen LogP contribution is -2.36. The summed E-state index contributed by atoms with van der Waals surface area (Å²) in [6.45, 7) is 1.33. The zero-order valence-electron chi connectivity index (χ0n) is 14.3. The zero-order valence-corrected chi connectivity index (χ0v) is 14.3. The van der Waals surface area contributed by atoms with Gasteiger partial charge in [0, 0.05) is 18.9 Å². The van der Waals surface area contributed by atoms with Crippen LogP contribution < -0.4 is 14.8 Å². The van der Waals surface area contributed by atoms with Crippen molar-refractivity contribution < 1.29 is 23.7 Å². The van der Waals surface area contributed by atoms with Gasteiger partial charge >= 0.3 is 0 Å². The molecule has 0 saturated carbocycles. The van der Waals surface area contributed by atoms with Crippen LogP contribution in [0.25, 0.3) is 11.3 Å². The zero-order chi connectivity index (χ0) is 17.5. The molecular weight excluding hydrogens is 338 g/mol. The van der Waals surface area contributed by atoms with Crippen molar-refractivity contribution in [3.63, 3.8) is 0 Å². The molecule has 136 valence electrons. The molecule has 1 aromatic carbocycles. The van der Waals surface area contributed by atoms with Crippen LogP contribution in [-0.4, -0.2) is 61.4 Å². The minimum atomic E-state index is -0.0576. The number of rotatable bonds is 4. The first-order chi connectivity index (χ1) is 12.8. The van der Waals surface area contributed by atoms with Crippen molar-refractivity contribution in [1.29, 1.82) is 0 Å². The summed E-state index contributed by atoms with van der Waals surface area (Å²) in [7, 11) is 1.68. The number of methoxy groups -OCH3 is 1. The van der Waals surface area contributed by atoms with Gasteiger partial charge in [0.15, 0.2) is 11.5 Å². The van der Waals surface area contributed by atoms with Gasteiger partial charge in [-0.2, -0.15) is 0 Å². The second kappa shape index (κ2) is 6.39. The van der Waals surface area contributed by atoms with Gasteiger partial charge in [-0.05, 0) is 24.3 Å². The Morgan fingerprint density at radius 3 is 2.88 bits per heavy atom. The topological polar surface area (TPSA) is 84.0 Å². The third-order valence-electron chi connectivity index (χ3n) is 4.95. The molecular formula is C18H19N3O5. The van der Waals surface area contributed by atoms with E-state index in [1.165, 1.54) is 0 Å². The van der Waals surface area contributed by atoms with Gasteiger partial charge in [0.2, 0.25) is 12.7 Å². The fourth-order valence-electron chi connectivity index (χ4n) is 3.60. The molecule has 2 saturated heterocycles. The van der Waals surface area contributed by atoms with Crippen molar-refractivity contribution in [2.24, 2.45) is 0 Å². The summed E-state index contributed by atoms with van der Waals surface area (Å²) in [5.74, 6) is 2.02. The summed E-state index contributed by atoms with van der Waals surface area (Å²) in [5.41, 5.74) is 1.75. The Bertz CT molecular complexity index is 817. The average Bonchev–Trinajstić information content (AvgIpc) is 3.38. The Balaban J connectivity index is 1.34. The number of aromatic nitrogens is 2. The molecule has 1 aromatic heterocycles. The molecule has 5 rings (SSSR count). The number of ether oxygens (including phenoxy) is 5. The van der Waals surface area contributed by atoms with Gasteiger partial charge in [-0.15, -0.1) is 0 Å². The Morgan fingerprint density at radius 1 is 1.08 bits per heavy atom.